The third-order valence-corrected chi connectivity index (χ3v) is 1.17. The predicted molar refractivity (Wildman–Crippen MR) is 30.1 cm³/mol. The SMILES string of the molecule is C[n+]1cn(N)cc1C(=O)[O-]. The highest BCUT2D eigenvalue weighted by Crippen LogP contribution is 1.85. The Morgan fingerprint density at radius 2 is 2.50 bits per heavy atom. The van der Waals surface area contributed by atoms with E-state index in [0.29, 0.717) is 0 Å². The van der Waals surface area contributed by atoms with E-state index in [0.717, 1.165) is 4.68 Å². The van der Waals surface area contributed by atoms with Crippen molar-refractivity contribution in [3.63, 3.8) is 0 Å². The van der Waals surface area contributed by atoms with Crippen molar-refractivity contribution in [2.45, 2.75) is 0 Å². The van der Waals surface area contributed by atoms with Crippen LogP contribution in [0.5, 0.6) is 0 Å². The highest BCUT2D eigenvalue weighted by atomic mass is 16.4. The Morgan fingerprint density at radius 1 is 1.90 bits per heavy atom. The van der Waals surface area contributed by atoms with Crippen LogP contribution in [-0.4, -0.2) is 10.6 Å². The van der Waals surface area contributed by atoms with E-state index in [1.165, 1.54) is 17.1 Å². The average molecular weight is 141 g/mol. The van der Waals surface area contributed by atoms with Crippen molar-refractivity contribution in [2.75, 3.05) is 5.84 Å². The smallest absolute Gasteiger partial charge is 0.267 e. The van der Waals surface area contributed by atoms with Crippen molar-refractivity contribution in [3.8, 4) is 0 Å². The zero-order valence-electron chi connectivity index (χ0n) is 5.44. The van der Waals surface area contributed by atoms with Gasteiger partial charge < -0.3 is 9.90 Å². The van der Waals surface area contributed by atoms with Gasteiger partial charge in [-0.15, -0.1) is 4.68 Å². The summed E-state index contributed by atoms with van der Waals surface area (Å²) >= 11 is 0. The first kappa shape index (κ1) is 6.60. The molecule has 1 rings (SSSR count). The van der Waals surface area contributed by atoms with Gasteiger partial charge in [-0.25, -0.2) is 4.57 Å². The fraction of sp³-hybridized carbons (Fsp3) is 0.200. The lowest BCUT2D eigenvalue weighted by molar-refractivity contribution is -0.675. The summed E-state index contributed by atoms with van der Waals surface area (Å²) in [7, 11) is 1.58. The van der Waals surface area contributed by atoms with Gasteiger partial charge >= 0.3 is 0 Å². The lowest BCUT2D eigenvalue weighted by Gasteiger charge is -1.92. The number of carbonyl (C=O) groups excluding carboxylic acids is 1. The van der Waals surface area contributed by atoms with Gasteiger partial charge in [0.25, 0.3) is 6.33 Å². The molecule has 0 bridgehead atoms. The maximum Gasteiger partial charge on any atom is 0.267 e. The molecular weight excluding hydrogens is 134 g/mol. The number of aromatic carboxylic acids is 1. The van der Waals surface area contributed by atoms with E-state index >= 15 is 0 Å². The molecule has 0 fully saturated rings. The number of carbonyl (C=O) groups is 1. The number of hydrogen-bond donors (Lipinski definition) is 1. The summed E-state index contributed by atoms with van der Waals surface area (Å²) < 4.78 is 2.53. The third-order valence-electron chi connectivity index (χ3n) is 1.17. The van der Waals surface area contributed by atoms with Crippen molar-refractivity contribution in [1.82, 2.24) is 4.68 Å². The van der Waals surface area contributed by atoms with Gasteiger partial charge in [0, 0.05) is 0 Å². The second-order valence-electron chi connectivity index (χ2n) is 1.98. The number of rotatable bonds is 1. The Morgan fingerprint density at radius 3 is 2.70 bits per heavy atom. The first-order valence-corrected chi connectivity index (χ1v) is 2.65. The van der Waals surface area contributed by atoms with Gasteiger partial charge in [0.2, 0.25) is 0 Å². The van der Waals surface area contributed by atoms with E-state index in [9.17, 15) is 9.90 Å². The molecule has 1 aromatic rings. The second-order valence-corrected chi connectivity index (χ2v) is 1.98. The van der Waals surface area contributed by atoms with E-state index in [2.05, 4.69) is 0 Å². The number of nitrogen functional groups attached to an aromatic ring is 1. The van der Waals surface area contributed by atoms with E-state index in [4.69, 9.17) is 5.84 Å². The van der Waals surface area contributed by atoms with Gasteiger partial charge in [-0.3, -0.25) is 5.84 Å². The number of aryl methyl sites for hydroxylation is 1. The van der Waals surface area contributed by atoms with Crippen molar-refractivity contribution < 1.29 is 14.5 Å². The molecule has 2 N–H and O–H groups in total. The summed E-state index contributed by atoms with van der Waals surface area (Å²) in [5.74, 6) is 3.99. The summed E-state index contributed by atoms with van der Waals surface area (Å²) in [4.78, 5) is 10.2. The molecule has 0 unspecified atom stereocenters. The Labute approximate surface area is 57.3 Å². The lowest BCUT2D eigenvalue weighted by Crippen LogP contribution is -2.38. The number of aromatic nitrogens is 2. The van der Waals surface area contributed by atoms with Crippen molar-refractivity contribution in [1.29, 1.82) is 0 Å². The van der Waals surface area contributed by atoms with Gasteiger partial charge in [-0.1, -0.05) is 0 Å². The van der Waals surface area contributed by atoms with Crippen molar-refractivity contribution in [2.24, 2.45) is 7.05 Å². The molecule has 0 amide bonds. The number of carboxylic acids is 1. The van der Waals surface area contributed by atoms with E-state index < -0.39 is 5.97 Å². The molecule has 1 aromatic heterocycles. The fourth-order valence-corrected chi connectivity index (χ4v) is 0.725. The summed E-state index contributed by atoms with van der Waals surface area (Å²) in [6.45, 7) is 0. The molecular formula is C5H7N3O2. The van der Waals surface area contributed by atoms with Crippen LogP contribution in [0.3, 0.4) is 0 Å². The molecule has 0 aliphatic heterocycles. The standard InChI is InChI=1S/C5H7N3O2/c1-7-3-8(6)2-4(7)5(9)10/h2-3H,6H2,1H3. The molecule has 54 valence electrons. The molecule has 0 aliphatic rings. The first-order chi connectivity index (χ1) is 4.61. The minimum absolute atomic E-state index is 0.0579. The number of carboxylic acid groups (broad SMARTS) is 1. The van der Waals surface area contributed by atoms with Crippen LogP contribution in [-0.2, 0) is 7.05 Å². The Bertz CT molecular complexity index is 266. The molecule has 0 saturated heterocycles. The first-order valence-electron chi connectivity index (χ1n) is 2.65. The number of nitrogens with zero attached hydrogens (tertiary/aromatic N) is 2. The van der Waals surface area contributed by atoms with Crippen LogP contribution in [0.2, 0.25) is 0 Å². The van der Waals surface area contributed by atoms with Crippen molar-refractivity contribution in [3.05, 3.63) is 18.2 Å². The lowest BCUT2D eigenvalue weighted by atomic mass is 10.5. The highest BCUT2D eigenvalue weighted by molar-refractivity contribution is 5.81. The van der Waals surface area contributed by atoms with E-state index in [1.807, 2.05) is 0 Å². The molecule has 0 spiro atoms. The summed E-state index contributed by atoms with van der Waals surface area (Å²) in [6, 6.07) is 0. The van der Waals surface area contributed by atoms with Gasteiger partial charge in [-0.2, -0.15) is 0 Å². The highest BCUT2D eigenvalue weighted by Gasteiger charge is 2.07. The van der Waals surface area contributed by atoms with Crippen LogP contribution in [0.4, 0.5) is 0 Å². The van der Waals surface area contributed by atoms with Gasteiger partial charge in [-0.05, 0) is 0 Å². The summed E-state index contributed by atoms with van der Waals surface area (Å²) in [5, 5.41) is 10.2. The number of nitrogens with two attached hydrogens (primary N) is 1. The summed E-state index contributed by atoms with van der Waals surface area (Å²) in [6.07, 6.45) is 2.71. The number of hydrogen-bond acceptors (Lipinski definition) is 3. The molecule has 10 heavy (non-hydrogen) atoms. The average Bonchev–Trinajstić information content (AvgIpc) is 2.10. The van der Waals surface area contributed by atoms with Crippen LogP contribution in [0, 0.1) is 0 Å². The van der Waals surface area contributed by atoms with Gasteiger partial charge in [0.15, 0.2) is 11.9 Å². The Balaban J connectivity index is 3.15. The van der Waals surface area contributed by atoms with Crippen LogP contribution in [0.25, 0.3) is 0 Å². The molecule has 0 radical (unpaired) electrons. The Kier molecular flexibility index (Phi) is 1.33. The summed E-state index contributed by atoms with van der Waals surface area (Å²) in [5.41, 5.74) is 0.0579. The second kappa shape index (κ2) is 2.02. The Hall–Kier alpha value is -1.52. The van der Waals surface area contributed by atoms with Crippen LogP contribution in [0.15, 0.2) is 12.5 Å². The van der Waals surface area contributed by atoms with Gasteiger partial charge in [0.05, 0.1) is 7.05 Å². The molecule has 0 saturated carbocycles. The maximum absolute atomic E-state index is 10.2. The van der Waals surface area contributed by atoms with Crippen LogP contribution in [0.1, 0.15) is 10.5 Å². The zero-order chi connectivity index (χ0) is 7.72. The molecule has 0 aromatic carbocycles. The minimum Gasteiger partial charge on any atom is -0.541 e. The quantitative estimate of drug-likeness (QED) is 0.344. The topological polar surface area (TPSA) is 75.0 Å². The largest absolute Gasteiger partial charge is 0.541 e. The molecule has 0 atom stereocenters. The zero-order valence-corrected chi connectivity index (χ0v) is 5.44. The van der Waals surface area contributed by atoms with Crippen molar-refractivity contribution >= 4 is 5.97 Å². The maximum atomic E-state index is 10.2. The fourth-order valence-electron chi connectivity index (χ4n) is 0.725. The normalized spacial score (nSPS) is 9.70. The van der Waals surface area contributed by atoms with E-state index in [-0.39, 0.29) is 5.69 Å². The molecule has 5 heteroatoms. The number of imidazole rings is 1. The monoisotopic (exact) mass is 141 g/mol. The van der Waals surface area contributed by atoms with Gasteiger partial charge in [0.1, 0.15) is 5.97 Å². The molecule has 5 nitrogen and oxygen atoms in total. The van der Waals surface area contributed by atoms with Crippen LogP contribution >= 0.6 is 0 Å². The minimum atomic E-state index is -1.23. The van der Waals surface area contributed by atoms with E-state index in [1.54, 1.807) is 7.05 Å². The molecule has 0 aliphatic carbocycles. The predicted octanol–water partition coefficient (Wildman–Crippen LogP) is -2.61. The molecule has 1 heterocycles. The van der Waals surface area contributed by atoms with Crippen LogP contribution < -0.4 is 15.5 Å². The third kappa shape index (κ3) is 0.928.